The summed E-state index contributed by atoms with van der Waals surface area (Å²) in [5.74, 6) is 0.603. The molecule has 1 atom stereocenters. The number of rotatable bonds is 3. The van der Waals surface area contributed by atoms with E-state index in [0.29, 0.717) is 11.1 Å². The minimum absolute atomic E-state index is 0.0202. The zero-order valence-electron chi connectivity index (χ0n) is 15.7. The van der Waals surface area contributed by atoms with Gasteiger partial charge in [0.1, 0.15) is 18.0 Å². The van der Waals surface area contributed by atoms with Crippen LogP contribution in [0.15, 0.2) is 48.0 Å². The number of aliphatic hydroxyl groups is 1. The highest BCUT2D eigenvalue weighted by Gasteiger charge is 2.43. The van der Waals surface area contributed by atoms with E-state index in [0.717, 1.165) is 24.6 Å². The molecule has 2 N–H and O–H groups in total. The Kier molecular flexibility index (Phi) is 4.08. The molecule has 8 nitrogen and oxygen atoms in total. The van der Waals surface area contributed by atoms with E-state index < -0.39 is 6.23 Å². The molecule has 8 heteroatoms. The lowest BCUT2D eigenvalue weighted by atomic mass is 9.68. The normalized spacial score (nSPS) is 23.2. The molecular formula is C20H24N6O2. The number of pyridine rings is 1. The van der Waals surface area contributed by atoms with Gasteiger partial charge in [-0.3, -0.25) is 9.80 Å². The maximum atomic E-state index is 12.5. The van der Waals surface area contributed by atoms with Crippen LogP contribution in [-0.4, -0.2) is 62.0 Å². The van der Waals surface area contributed by atoms with Gasteiger partial charge in [-0.1, -0.05) is 6.42 Å². The topological polar surface area (TPSA) is 85.5 Å². The Morgan fingerprint density at radius 3 is 3.00 bits per heavy atom. The highest BCUT2D eigenvalue weighted by Crippen LogP contribution is 2.48. The highest BCUT2D eigenvalue weighted by molar-refractivity contribution is 5.95. The van der Waals surface area contributed by atoms with E-state index in [9.17, 15) is 9.90 Å². The Labute approximate surface area is 163 Å². The lowest BCUT2D eigenvalue weighted by molar-refractivity contribution is -0.119. The second kappa shape index (κ2) is 6.63. The van der Waals surface area contributed by atoms with Crippen LogP contribution in [0.4, 0.5) is 5.69 Å². The van der Waals surface area contributed by atoms with E-state index in [4.69, 9.17) is 0 Å². The monoisotopic (exact) mass is 380 g/mol. The van der Waals surface area contributed by atoms with Crippen LogP contribution in [-0.2, 0) is 4.79 Å². The third-order valence-corrected chi connectivity index (χ3v) is 6.12. The molecule has 1 saturated carbocycles. The molecule has 2 aromatic rings. The highest BCUT2D eigenvalue weighted by atomic mass is 16.3. The first kappa shape index (κ1) is 17.2. The van der Waals surface area contributed by atoms with Crippen LogP contribution in [0.2, 0.25) is 0 Å². The Morgan fingerprint density at radius 1 is 1.32 bits per heavy atom. The van der Waals surface area contributed by atoms with E-state index >= 15 is 0 Å². The fraction of sp³-hybridized carbons (Fsp3) is 0.450. The molecule has 28 heavy (non-hydrogen) atoms. The molecule has 1 aliphatic carbocycles. The molecule has 1 spiro atoms. The number of hydrogen-bond donors (Lipinski definition) is 2. The number of imidazole rings is 1. The number of aromatic nitrogens is 2. The Balaban J connectivity index is 1.25. The fourth-order valence-corrected chi connectivity index (χ4v) is 4.34. The molecule has 3 aliphatic rings. The summed E-state index contributed by atoms with van der Waals surface area (Å²) >= 11 is 0. The number of amides is 1. The van der Waals surface area contributed by atoms with Crippen molar-refractivity contribution in [2.45, 2.75) is 31.9 Å². The van der Waals surface area contributed by atoms with Gasteiger partial charge < -0.3 is 19.7 Å². The van der Waals surface area contributed by atoms with Crippen LogP contribution in [0.5, 0.6) is 0 Å². The van der Waals surface area contributed by atoms with E-state index in [2.05, 4.69) is 20.3 Å². The number of nitrogens with one attached hydrogen (secondary N) is 1. The van der Waals surface area contributed by atoms with Crippen LogP contribution in [0.1, 0.15) is 25.7 Å². The van der Waals surface area contributed by atoms with Crippen LogP contribution in [0.3, 0.4) is 0 Å². The van der Waals surface area contributed by atoms with Gasteiger partial charge in [-0.05, 0) is 42.9 Å². The van der Waals surface area contributed by atoms with Gasteiger partial charge in [-0.15, -0.1) is 0 Å². The summed E-state index contributed by atoms with van der Waals surface area (Å²) in [5.41, 5.74) is 1.90. The quantitative estimate of drug-likeness (QED) is 0.846. The van der Waals surface area contributed by atoms with Crippen LogP contribution in [0, 0.1) is 5.41 Å². The van der Waals surface area contributed by atoms with Crippen molar-refractivity contribution in [3.8, 4) is 0 Å². The number of hydrazone groups is 1. The minimum atomic E-state index is -0.899. The predicted molar refractivity (Wildman–Crippen MR) is 106 cm³/mol. The van der Waals surface area contributed by atoms with E-state index in [1.807, 2.05) is 28.9 Å². The zero-order valence-corrected chi connectivity index (χ0v) is 15.7. The number of nitrogens with zero attached hydrogens (tertiary/aromatic N) is 5. The second-order valence-corrected chi connectivity index (χ2v) is 8.01. The molecule has 2 fully saturated rings. The Bertz CT molecular complexity index is 961. The smallest absolute Gasteiger partial charge is 0.245 e. The molecule has 1 unspecified atom stereocenters. The number of anilines is 1. The average Bonchev–Trinajstić information content (AvgIpc) is 3.30. The van der Waals surface area contributed by atoms with Crippen molar-refractivity contribution in [2.24, 2.45) is 10.5 Å². The predicted octanol–water partition coefficient (Wildman–Crippen LogP) is 1.65. The van der Waals surface area contributed by atoms with Gasteiger partial charge >= 0.3 is 0 Å². The molecule has 0 bridgehead atoms. The van der Waals surface area contributed by atoms with Crippen LogP contribution >= 0.6 is 0 Å². The van der Waals surface area contributed by atoms with Crippen molar-refractivity contribution >= 4 is 23.1 Å². The zero-order chi connectivity index (χ0) is 19.1. The average molecular weight is 380 g/mol. The van der Waals surface area contributed by atoms with Gasteiger partial charge in [0.05, 0.1) is 0 Å². The maximum absolute atomic E-state index is 12.5. The van der Waals surface area contributed by atoms with Crippen molar-refractivity contribution in [3.05, 3.63) is 42.9 Å². The largest absolute Gasteiger partial charge is 0.369 e. The summed E-state index contributed by atoms with van der Waals surface area (Å²) in [5, 5.41) is 19.1. The summed E-state index contributed by atoms with van der Waals surface area (Å²) in [7, 11) is 0. The Morgan fingerprint density at radius 2 is 2.21 bits per heavy atom. The molecule has 0 aromatic carbocycles. The van der Waals surface area contributed by atoms with E-state index in [-0.39, 0.29) is 12.5 Å². The SMILES string of the molecule is O=C(CN1N=C(N2CCC3(CCC3)C2)C=CC1O)Nc1ccn2ccnc2c1. The molecule has 2 aromatic heterocycles. The van der Waals surface area contributed by atoms with E-state index in [1.54, 1.807) is 18.3 Å². The third kappa shape index (κ3) is 3.13. The number of aliphatic hydroxyl groups excluding tert-OH is 1. The summed E-state index contributed by atoms with van der Waals surface area (Å²) in [6.45, 7) is 1.99. The maximum Gasteiger partial charge on any atom is 0.245 e. The molecular weight excluding hydrogens is 356 g/mol. The second-order valence-electron chi connectivity index (χ2n) is 8.01. The fourth-order valence-electron chi connectivity index (χ4n) is 4.34. The van der Waals surface area contributed by atoms with Gasteiger partial charge in [0.15, 0.2) is 6.23 Å². The van der Waals surface area contributed by atoms with Gasteiger partial charge in [-0.25, -0.2) is 4.98 Å². The molecule has 4 heterocycles. The first-order valence-electron chi connectivity index (χ1n) is 9.79. The Hall–Kier alpha value is -2.87. The van der Waals surface area contributed by atoms with Gasteiger partial charge in [0, 0.05) is 43.4 Å². The van der Waals surface area contributed by atoms with Crippen LogP contribution in [0.25, 0.3) is 5.65 Å². The first-order chi connectivity index (χ1) is 13.6. The van der Waals surface area contributed by atoms with Crippen molar-refractivity contribution in [1.29, 1.82) is 0 Å². The summed E-state index contributed by atoms with van der Waals surface area (Å²) in [6, 6.07) is 3.62. The molecule has 146 valence electrons. The van der Waals surface area contributed by atoms with Crippen molar-refractivity contribution in [3.63, 3.8) is 0 Å². The molecule has 1 amide bonds. The number of carbonyl (C=O) groups excluding carboxylic acids is 1. The molecule has 0 radical (unpaired) electrons. The number of fused-ring (bicyclic) bond motifs is 1. The number of likely N-dealkylation sites (tertiary alicyclic amines) is 1. The summed E-state index contributed by atoms with van der Waals surface area (Å²) in [6.07, 6.45) is 13.2. The number of carbonyl (C=O) groups is 1. The summed E-state index contributed by atoms with van der Waals surface area (Å²) in [4.78, 5) is 19.0. The lowest BCUT2D eigenvalue weighted by Gasteiger charge is -2.38. The molecule has 5 rings (SSSR count). The minimum Gasteiger partial charge on any atom is -0.369 e. The van der Waals surface area contributed by atoms with Gasteiger partial charge in [-0.2, -0.15) is 5.10 Å². The van der Waals surface area contributed by atoms with Crippen molar-refractivity contribution < 1.29 is 9.90 Å². The third-order valence-electron chi connectivity index (χ3n) is 6.12. The van der Waals surface area contributed by atoms with Crippen LogP contribution < -0.4 is 5.32 Å². The number of amidine groups is 1. The summed E-state index contributed by atoms with van der Waals surface area (Å²) < 4.78 is 1.87. The number of hydrogen-bond acceptors (Lipinski definition) is 6. The van der Waals surface area contributed by atoms with Gasteiger partial charge in [0.25, 0.3) is 0 Å². The standard InChI is InChI=1S/C20H24N6O2/c27-18(22-15-4-9-24-11-8-21-17(24)12-15)13-26-19(28)3-2-16(23-26)25-10-7-20(14-25)5-1-6-20/h2-4,8-9,11-12,19,28H,1,5-7,10,13-14H2,(H,22,27). The van der Waals surface area contributed by atoms with E-state index in [1.165, 1.54) is 30.7 Å². The lowest BCUT2D eigenvalue weighted by Crippen LogP contribution is -2.42. The van der Waals surface area contributed by atoms with Gasteiger partial charge in [0.2, 0.25) is 5.91 Å². The first-order valence-corrected chi connectivity index (χ1v) is 9.79. The molecule has 2 aliphatic heterocycles. The molecule has 1 saturated heterocycles. The van der Waals surface area contributed by atoms with Crippen molar-refractivity contribution in [1.82, 2.24) is 19.3 Å². The van der Waals surface area contributed by atoms with Crippen molar-refractivity contribution in [2.75, 3.05) is 25.0 Å².